The number of thiol groups is 1. The second-order valence-electron chi connectivity index (χ2n) is 4.19. The van der Waals surface area contributed by atoms with E-state index >= 15 is 0 Å². The van der Waals surface area contributed by atoms with Crippen LogP contribution in [0.2, 0.25) is 10.0 Å². The summed E-state index contributed by atoms with van der Waals surface area (Å²) < 4.78 is 5.61. The predicted molar refractivity (Wildman–Crippen MR) is 69.6 cm³/mol. The van der Waals surface area contributed by atoms with Gasteiger partial charge in [-0.15, -0.1) is 0 Å². The van der Waals surface area contributed by atoms with Crippen LogP contribution < -0.4 is 4.74 Å². The minimum atomic E-state index is 0.0338. The van der Waals surface area contributed by atoms with Crippen LogP contribution in [0, 0.1) is 5.41 Å². The maximum absolute atomic E-state index is 5.97. The molecule has 0 saturated carbocycles. The van der Waals surface area contributed by atoms with Gasteiger partial charge in [-0.1, -0.05) is 37.0 Å². The zero-order valence-electron chi connectivity index (χ0n) is 8.76. The van der Waals surface area contributed by atoms with Gasteiger partial charge in [-0.25, -0.2) is 0 Å². The van der Waals surface area contributed by atoms with Crippen molar-refractivity contribution in [3.63, 3.8) is 0 Å². The molecule has 0 aliphatic carbocycles. The first-order chi connectivity index (χ1) is 6.94. The lowest BCUT2D eigenvalue weighted by molar-refractivity contribution is 0.202. The highest BCUT2D eigenvalue weighted by Crippen LogP contribution is 2.29. The lowest BCUT2D eigenvalue weighted by Gasteiger charge is -2.22. The van der Waals surface area contributed by atoms with E-state index < -0.39 is 0 Å². The molecule has 0 saturated heterocycles. The summed E-state index contributed by atoms with van der Waals surface area (Å²) in [5.41, 5.74) is 0.0338. The molecule has 84 valence electrons. The van der Waals surface area contributed by atoms with Crippen molar-refractivity contribution in [3.05, 3.63) is 28.2 Å². The Hall–Kier alpha value is -0.0500. The van der Waals surface area contributed by atoms with E-state index in [1.54, 1.807) is 18.2 Å². The summed E-state index contributed by atoms with van der Waals surface area (Å²) in [6.45, 7) is 4.76. The minimum Gasteiger partial charge on any atom is -0.491 e. The Kier molecular flexibility index (Phi) is 4.63. The second-order valence-corrected chi connectivity index (χ2v) is 5.35. The Morgan fingerprint density at radius 3 is 2.53 bits per heavy atom. The fraction of sp³-hybridized carbons (Fsp3) is 0.455. The quantitative estimate of drug-likeness (QED) is 0.797. The van der Waals surface area contributed by atoms with Gasteiger partial charge < -0.3 is 4.74 Å². The molecule has 0 amide bonds. The van der Waals surface area contributed by atoms with Crippen LogP contribution in [0.25, 0.3) is 0 Å². The number of hydrogen-bond donors (Lipinski definition) is 1. The van der Waals surface area contributed by atoms with Crippen LogP contribution in [0.1, 0.15) is 13.8 Å². The molecule has 0 unspecified atom stereocenters. The van der Waals surface area contributed by atoms with Crippen molar-refractivity contribution < 1.29 is 4.74 Å². The molecule has 0 bridgehead atoms. The Balaban J connectivity index is 2.66. The highest BCUT2D eigenvalue weighted by atomic mass is 35.5. The van der Waals surface area contributed by atoms with Crippen molar-refractivity contribution in [1.82, 2.24) is 0 Å². The highest BCUT2D eigenvalue weighted by molar-refractivity contribution is 7.80. The average molecular weight is 265 g/mol. The topological polar surface area (TPSA) is 9.23 Å². The molecular formula is C11H14Cl2OS. The third-order valence-corrected chi connectivity index (χ3v) is 3.33. The number of halogens is 2. The average Bonchev–Trinajstić information content (AvgIpc) is 2.16. The molecule has 0 heterocycles. The minimum absolute atomic E-state index is 0.0338. The Morgan fingerprint density at radius 1 is 1.33 bits per heavy atom. The van der Waals surface area contributed by atoms with Gasteiger partial charge in [0.25, 0.3) is 0 Å². The molecule has 1 rings (SSSR count). The van der Waals surface area contributed by atoms with E-state index in [0.29, 0.717) is 22.4 Å². The molecule has 0 atom stereocenters. The summed E-state index contributed by atoms with van der Waals surface area (Å²) in [5, 5.41) is 1.15. The van der Waals surface area contributed by atoms with Gasteiger partial charge in [0.2, 0.25) is 0 Å². The van der Waals surface area contributed by atoms with Crippen LogP contribution in [0.4, 0.5) is 0 Å². The first kappa shape index (κ1) is 13.0. The van der Waals surface area contributed by atoms with Gasteiger partial charge in [-0.3, -0.25) is 0 Å². The van der Waals surface area contributed by atoms with Crippen molar-refractivity contribution in [2.24, 2.45) is 5.41 Å². The summed E-state index contributed by atoms with van der Waals surface area (Å²) in [5.74, 6) is 1.43. The van der Waals surface area contributed by atoms with E-state index in [2.05, 4.69) is 26.5 Å². The molecule has 1 aromatic carbocycles. The summed E-state index contributed by atoms with van der Waals surface area (Å²) in [6, 6.07) is 5.21. The lowest BCUT2D eigenvalue weighted by atomic mass is 9.98. The van der Waals surface area contributed by atoms with E-state index in [1.807, 2.05) is 0 Å². The van der Waals surface area contributed by atoms with E-state index in [1.165, 1.54) is 0 Å². The largest absolute Gasteiger partial charge is 0.491 e. The third-order valence-electron chi connectivity index (χ3n) is 1.94. The maximum atomic E-state index is 5.97. The fourth-order valence-corrected chi connectivity index (χ4v) is 1.47. The molecule has 1 aromatic rings. The molecule has 0 fully saturated rings. The monoisotopic (exact) mass is 264 g/mol. The van der Waals surface area contributed by atoms with Crippen LogP contribution in [0.15, 0.2) is 18.2 Å². The summed E-state index contributed by atoms with van der Waals surface area (Å²) in [4.78, 5) is 0. The van der Waals surface area contributed by atoms with Gasteiger partial charge in [-0.05, 0) is 24.0 Å². The second kappa shape index (κ2) is 5.33. The zero-order chi connectivity index (χ0) is 11.5. The molecule has 0 radical (unpaired) electrons. The smallest absolute Gasteiger partial charge is 0.138 e. The van der Waals surface area contributed by atoms with Crippen molar-refractivity contribution in [1.29, 1.82) is 0 Å². The predicted octanol–water partition coefficient (Wildman–Crippen LogP) is 4.33. The standard InChI is InChI=1S/C11H14Cl2OS/c1-11(2,7-15)6-14-10-4-3-8(12)5-9(10)13/h3-5,15H,6-7H2,1-2H3. The first-order valence-corrected chi connectivity index (χ1v) is 6.02. The van der Waals surface area contributed by atoms with Gasteiger partial charge in [0.15, 0.2) is 0 Å². The van der Waals surface area contributed by atoms with E-state index in [0.717, 1.165) is 5.75 Å². The molecule has 4 heteroatoms. The van der Waals surface area contributed by atoms with Crippen molar-refractivity contribution in [3.8, 4) is 5.75 Å². The van der Waals surface area contributed by atoms with Gasteiger partial charge in [0.05, 0.1) is 11.6 Å². The number of rotatable bonds is 4. The molecule has 1 nitrogen and oxygen atoms in total. The highest BCUT2D eigenvalue weighted by Gasteiger charge is 2.17. The number of hydrogen-bond acceptors (Lipinski definition) is 2. The SMILES string of the molecule is CC(C)(CS)COc1ccc(Cl)cc1Cl. The van der Waals surface area contributed by atoms with Crippen molar-refractivity contribution in [2.45, 2.75) is 13.8 Å². The van der Waals surface area contributed by atoms with Gasteiger partial charge in [0.1, 0.15) is 5.75 Å². The van der Waals surface area contributed by atoms with E-state index in [-0.39, 0.29) is 5.41 Å². The molecule has 15 heavy (non-hydrogen) atoms. The Bertz CT molecular complexity index is 339. The molecule has 0 aliphatic heterocycles. The van der Waals surface area contributed by atoms with Gasteiger partial charge in [0, 0.05) is 10.4 Å². The summed E-state index contributed by atoms with van der Waals surface area (Å²) in [7, 11) is 0. The van der Waals surface area contributed by atoms with Crippen LogP contribution in [0.3, 0.4) is 0 Å². The Morgan fingerprint density at radius 2 is 2.00 bits per heavy atom. The molecule has 0 aromatic heterocycles. The fourth-order valence-electron chi connectivity index (χ4n) is 0.911. The molecule has 0 aliphatic rings. The van der Waals surface area contributed by atoms with Crippen LogP contribution >= 0.6 is 35.8 Å². The number of ether oxygens (including phenoxy) is 1. The Labute approximate surface area is 106 Å². The van der Waals surface area contributed by atoms with Crippen molar-refractivity contribution in [2.75, 3.05) is 12.4 Å². The molecule has 0 spiro atoms. The molecule has 0 N–H and O–H groups in total. The third kappa shape index (κ3) is 4.13. The van der Waals surface area contributed by atoms with Crippen molar-refractivity contribution >= 4 is 35.8 Å². The molecular weight excluding hydrogens is 251 g/mol. The first-order valence-electron chi connectivity index (χ1n) is 4.63. The van der Waals surface area contributed by atoms with Crippen LogP contribution in [-0.4, -0.2) is 12.4 Å². The summed E-state index contributed by atoms with van der Waals surface area (Å²) in [6.07, 6.45) is 0. The van der Waals surface area contributed by atoms with E-state index in [4.69, 9.17) is 27.9 Å². The van der Waals surface area contributed by atoms with Crippen LogP contribution in [-0.2, 0) is 0 Å². The summed E-state index contributed by atoms with van der Waals surface area (Å²) >= 11 is 16.0. The number of benzene rings is 1. The van der Waals surface area contributed by atoms with Gasteiger partial charge in [-0.2, -0.15) is 12.6 Å². The maximum Gasteiger partial charge on any atom is 0.138 e. The normalized spacial score (nSPS) is 11.5. The zero-order valence-corrected chi connectivity index (χ0v) is 11.2. The van der Waals surface area contributed by atoms with E-state index in [9.17, 15) is 0 Å². The van der Waals surface area contributed by atoms with Gasteiger partial charge >= 0.3 is 0 Å². The van der Waals surface area contributed by atoms with Crippen LogP contribution in [0.5, 0.6) is 5.75 Å². The lowest BCUT2D eigenvalue weighted by Crippen LogP contribution is -2.23.